The summed E-state index contributed by atoms with van der Waals surface area (Å²) in [6.07, 6.45) is 4.16. The van der Waals surface area contributed by atoms with Crippen molar-refractivity contribution in [3.05, 3.63) is 41.7 Å². The van der Waals surface area contributed by atoms with Crippen LogP contribution in [0.25, 0.3) is 5.57 Å². The number of hydrogen-bond acceptors (Lipinski definition) is 0. The molecule has 0 bridgehead atoms. The van der Waals surface area contributed by atoms with Crippen molar-refractivity contribution in [1.29, 1.82) is 0 Å². The molecule has 0 N–H and O–H groups in total. The highest BCUT2D eigenvalue weighted by Crippen LogP contribution is 2.32. The van der Waals surface area contributed by atoms with Gasteiger partial charge in [0.25, 0.3) is 0 Å². The van der Waals surface area contributed by atoms with Gasteiger partial charge in [-0.2, -0.15) is 0 Å². The van der Waals surface area contributed by atoms with Gasteiger partial charge in [0.15, 0.2) is 0 Å². The van der Waals surface area contributed by atoms with E-state index in [-0.39, 0.29) is 11.2 Å². The lowest BCUT2D eigenvalue weighted by Crippen LogP contribution is -2.11. The van der Waals surface area contributed by atoms with Crippen molar-refractivity contribution in [2.75, 3.05) is 0 Å². The molecule has 0 nitrogen and oxygen atoms in total. The van der Waals surface area contributed by atoms with Crippen molar-refractivity contribution in [2.45, 2.75) is 25.1 Å². The highest BCUT2D eigenvalue weighted by molar-refractivity contribution is 6.22. The van der Waals surface area contributed by atoms with Gasteiger partial charge in [0.05, 0.1) is 5.38 Å². The zero-order valence-electron chi connectivity index (χ0n) is 8.71. The van der Waals surface area contributed by atoms with Gasteiger partial charge in [-0.3, -0.25) is 0 Å². The third kappa shape index (κ3) is 2.60. The number of hydrogen-bond donors (Lipinski definition) is 0. The Morgan fingerprint density at radius 3 is 2.53 bits per heavy atom. The van der Waals surface area contributed by atoms with E-state index in [0.29, 0.717) is 5.92 Å². The first-order chi connectivity index (χ1) is 7.15. The van der Waals surface area contributed by atoms with Gasteiger partial charge in [-0.05, 0) is 42.0 Å². The summed E-state index contributed by atoms with van der Waals surface area (Å²) in [7, 11) is 0. The average molecular weight is 225 g/mol. The molecule has 2 heteroatoms. The van der Waals surface area contributed by atoms with E-state index in [9.17, 15) is 4.39 Å². The molecule has 2 rings (SSSR count). The van der Waals surface area contributed by atoms with Gasteiger partial charge in [0, 0.05) is 0 Å². The highest BCUT2D eigenvalue weighted by atomic mass is 35.5. The summed E-state index contributed by atoms with van der Waals surface area (Å²) in [6.45, 7) is 2.20. The van der Waals surface area contributed by atoms with Crippen LogP contribution in [0.2, 0.25) is 0 Å². The molecule has 1 aromatic rings. The average Bonchev–Trinajstić information content (AvgIpc) is 2.17. The van der Waals surface area contributed by atoms with Crippen molar-refractivity contribution in [3.8, 4) is 0 Å². The minimum atomic E-state index is -0.189. The van der Waals surface area contributed by atoms with Crippen LogP contribution in [0.3, 0.4) is 0 Å². The number of benzene rings is 1. The largest absolute Gasteiger partial charge is 0.207 e. The molecular weight excluding hydrogens is 211 g/mol. The van der Waals surface area contributed by atoms with E-state index in [0.717, 1.165) is 18.4 Å². The second-order valence-corrected chi connectivity index (χ2v) is 4.82. The molecule has 80 valence electrons. The maximum atomic E-state index is 12.8. The van der Waals surface area contributed by atoms with Crippen LogP contribution < -0.4 is 0 Å². The summed E-state index contributed by atoms with van der Waals surface area (Å²) in [5.41, 5.74) is 2.34. The normalized spacial score (nSPS) is 26.2. The lowest BCUT2D eigenvalue weighted by molar-refractivity contribution is 0.540. The van der Waals surface area contributed by atoms with Gasteiger partial charge >= 0.3 is 0 Å². The predicted octanol–water partition coefficient (Wildman–Crippen LogP) is 4.25. The van der Waals surface area contributed by atoms with Gasteiger partial charge < -0.3 is 0 Å². The van der Waals surface area contributed by atoms with E-state index in [1.165, 1.54) is 17.7 Å². The number of rotatable bonds is 1. The van der Waals surface area contributed by atoms with Gasteiger partial charge in [-0.15, -0.1) is 11.6 Å². The zero-order chi connectivity index (χ0) is 10.8. The van der Waals surface area contributed by atoms with E-state index < -0.39 is 0 Å². The van der Waals surface area contributed by atoms with Crippen LogP contribution in [0.15, 0.2) is 30.3 Å². The molecule has 0 saturated carbocycles. The first kappa shape index (κ1) is 10.7. The Kier molecular flexibility index (Phi) is 3.11. The minimum absolute atomic E-state index is 0.119. The first-order valence-electron chi connectivity index (χ1n) is 5.26. The summed E-state index contributed by atoms with van der Waals surface area (Å²) in [5, 5.41) is 0.119. The number of allylic oxidation sites excluding steroid dienone is 2. The van der Waals surface area contributed by atoms with Crippen LogP contribution in [0.4, 0.5) is 4.39 Å². The van der Waals surface area contributed by atoms with Crippen LogP contribution in [-0.4, -0.2) is 5.38 Å². The van der Waals surface area contributed by atoms with Gasteiger partial charge in [-0.1, -0.05) is 25.1 Å². The van der Waals surface area contributed by atoms with E-state index in [2.05, 4.69) is 13.0 Å². The molecule has 0 spiro atoms. The SMILES string of the molecule is CC1CC(c2ccc(F)cc2)=CC(Cl)C1. The fourth-order valence-corrected chi connectivity index (χ4v) is 2.53. The van der Waals surface area contributed by atoms with E-state index >= 15 is 0 Å². The molecule has 2 atom stereocenters. The molecule has 1 aliphatic carbocycles. The summed E-state index contributed by atoms with van der Waals surface area (Å²) in [4.78, 5) is 0. The molecular formula is C13H14ClF. The molecule has 0 aliphatic heterocycles. The van der Waals surface area contributed by atoms with Crippen LogP contribution in [-0.2, 0) is 0 Å². The second kappa shape index (κ2) is 4.36. The van der Waals surface area contributed by atoms with E-state index in [1.807, 2.05) is 12.1 Å². The summed E-state index contributed by atoms with van der Waals surface area (Å²) in [5.74, 6) is 0.420. The van der Waals surface area contributed by atoms with Gasteiger partial charge in [0.1, 0.15) is 5.82 Å². The van der Waals surface area contributed by atoms with Gasteiger partial charge in [-0.25, -0.2) is 4.39 Å². The van der Waals surface area contributed by atoms with Crippen LogP contribution in [0.5, 0.6) is 0 Å². The van der Waals surface area contributed by atoms with Crippen LogP contribution in [0.1, 0.15) is 25.3 Å². The monoisotopic (exact) mass is 224 g/mol. The van der Waals surface area contributed by atoms with Crippen molar-refractivity contribution >= 4 is 17.2 Å². The highest BCUT2D eigenvalue weighted by Gasteiger charge is 2.18. The molecule has 2 unspecified atom stereocenters. The van der Waals surface area contributed by atoms with Crippen molar-refractivity contribution in [1.82, 2.24) is 0 Å². The van der Waals surface area contributed by atoms with Crippen LogP contribution >= 0.6 is 11.6 Å². The molecule has 15 heavy (non-hydrogen) atoms. The number of alkyl halides is 1. The Bertz CT molecular complexity index is 367. The van der Waals surface area contributed by atoms with Crippen LogP contribution in [0, 0.1) is 11.7 Å². The number of halogens is 2. The first-order valence-corrected chi connectivity index (χ1v) is 5.69. The van der Waals surface area contributed by atoms with Crippen molar-refractivity contribution < 1.29 is 4.39 Å². The third-order valence-corrected chi connectivity index (χ3v) is 3.10. The quantitative estimate of drug-likeness (QED) is 0.626. The second-order valence-electron chi connectivity index (χ2n) is 4.26. The Balaban J connectivity index is 2.26. The summed E-state index contributed by atoms with van der Waals surface area (Å²) in [6, 6.07) is 6.64. The maximum absolute atomic E-state index is 12.8. The van der Waals surface area contributed by atoms with E-state index in [1.54, 1.807) is 0 Å². The minimum Gasteiger partial charge on any atom is -0.207 e. The molecule has 0 amide bonds. The molecule has 0 fully saturated rings. The fraction of sp³-hybridized carbons (Fsp3) is 0.385. The van der Waals surface area contributed by atoms with Crippen molar-refractivity contribution in [3.63, 3.8) is 0 Å². The predicted molar refractivity (Wildman–Crippen MR) is 62.4 cm³/mol. The Labute approximate surface area is 94.8 Å². The molecule has 1 aliphatic rings. The lowest BCUT2D eigenvalue weighted by atomic mass is 9.86. The molecule has 0 aromatic heterocycles. The molecule has 0 radical (unpaired) electrons. The third-order valence-electron chi connectivity index (χ3n) is 2.79. The summed E-state index contributed by atoms with van der Waals surface area (Å²) >= 11 is 6.14. The fourth-order valence-electron chi connectivity index (χ4n) is 2.08. The molecule has 1 aromatic carbocycles. The Morgan fingerprint density at radius 2 is 1.93 bits per heavy atom. The smallest absolute Gasteiger partial charge is 0.123 e. The lowest BCUT2D eigenvalue weighted by Gasteiger charge is -2.22. The Morgan fingerprint density at radius 1 is 1.27 bits per heavy atom. The zero-order valence-corrected chi connectivity index (χ0v) is 9.47. The van der Waals surface area contributed by atoms with E-state index in [4.69, 9.17) is 11.6 Å². The molecule has 0 saturated heterocycles. The topological polar surface area (TPSA) is 0 Å². The van der Waals surface area contributed by atoms with Gasteiger partial charge in [0.2, 0.25) is 0 Å². The van der Waals surface area contributed by atoms with Crippen molar-refractivity contribution in [2.24, 2.45) is 5.92 Å². The summed E-state index contributed by atoms with van der Waals surface area (Å²) < 4.78 is 12.8. The maximum Gasteiger partial charge on any atom is 0.123 e. The Hall–Kier alpha value is -0.820. The standard InChI is InChI=1S/C13H14ClF/c1-9-6-11(8-12(14)7-9)10-2-4-13(15)5-3-10/h2-5,8-9,12H,6-7H2,1H3. The molecule has 0 heterocycles.